The van der Waals surface area contributed by atoms with Gasteiger partial charge >= 0.3 is 0 Å². The van der Waals surface area contributed by atoms with Gasteiger partial charge in [0.2, 0.25) is 0 Å². The third kappa shape index (κ3) is 3.76. The summed E-state index contributed by atoms with van der Waals surface area (Å²) in [6.07, 6.45) is 5.97. The number of nitrogens with one attached hydrogen (secondary N) is 1. The van der Waals surface area contributed by atoms with E-state index in [2.05, 4.69) is 11.1 Å². The van der Waals surface area contributed by atoms with E-state index in [0.29, 0.717) is 24.6 Å². The van der Waals surface area contributed by atoms with Crippen LogP contribution in [0.25, 0.3) is 0 Å². The summed E-state index contributed by atoms with van der Waals surface area (Å²) in [5.74, 6) is 1.28. The maximum atomic E-state index is 12.6. The van der Waals surface area contributed by atoms with Gasteiger partial charge in [0.05, 0.1) is 7.11 Å². The molecule has 5 nitrogen and oxygen atoms in total. The van der Waals surface area contributed by atoms with Gasteiger partial charge in [0.25, 0.3) is 5.91 Å². The Morgan fingerprint density at radius 3 is 2.68 bits per heavy atom. The molecule has 0 atom stereocenters. The van der Waals surface area contributed by atoms with E-state index in [1.165, 1.54) is 11.8 Å². The van der Waals surface area contributed by atoms with E-state index in [4.69, 9.17) is 4.74 Å². The quantitative estimate of drug-likeness (QED) is 0.931. The lowest BCUT2D eigenvalue weighted by molar-refractivity contribution is 0.0688. The number of carbonyl (C=O) groups is 1. The Balaban J connectivity index is 1.63. The largest absolute Gasteiger partial charge is 0.496 e. The Morgan fingerprint density at radius 2 is 1.96 bits per heavy atom. The lowest BCUT2D eigenvalue weighted by atomic mass is 9.89. The van der Waals surface area contributed by atoms with Crippen LogP contribution in [0.15, 0.2) is 41.5 Å². The van der Waals surface area contributed by atoms with Crippen molar-refractivity contribution >= 4 is 5.91 Å². The topological polar surface area (TPSA) is 62.4 Å². The number of aromatic amines is 1. The highest BCUT2D eigenvalue weighted by molar-refractivity contribution is 5.94. The standard InChI is InChI=1S/C20H24N2O3/c1-14-12-21-13-17(19(14)23)20(24)22-9-7-15(8-10-22)11-16-5-3-4-6-18(16)25-2/h3-6,12-13,15H,7-11H2,1-2H3,(H,21,23). The maximum Gasteiger partial charge on any atom is 0.259 e. The van der Waals surface area contributed by atoms with Crippen LogP contribution in [0, 0.1) is 12.8 Å². The number of H-pyrrole nitrogens is 1. The molecule has 1 saturated heterocycles. The number of amides is 1. The first-order valence-corrected chi connectivity index (χ1v) is 8.69. The molecule has 2 heterocycles. The Labute approximate surface area is 147 Å². The van der Waals surface area contributed by atoms with Crippen molar-refractivity contribution in [2.75, 3.05) is 20.2 Å². The minimum absolute atomic E-state index is 0.166. The fourth-order valence-corrected chi connectivity index (χ4v) is 3.45. The number of aryl methyl sites for hydroxylation is 1. The minimum atomic E-state index is -0.181. The van der Waals surface area contributed by atoms with Crippen LogP contribution in [0.4, 0.5) is 0 Å². The monoisotopic (exact) mass is 340 g/mol. The van der Waals surface area contributed by atoms with Crippen LogP contribution < -0.4 is 10.2 Å². The first-order chi connectivity index (χ1) is 12.1. The molecule has 132 valence electrons. The highest BCUT2D eigenvalue weighted by atomic mass is 16.5. The maximum absolute atomic E-state index is 12.6. The van der Waals surface area contributed by atoms with Crippen LogP contribution in [-0.4, -0.2) is 36.0 Å². The summed E-state index contributed by atoms with van der Waals surface area (Å²) < 4.78 is 5.43. The van der Waals surface area contributed by atoms with Crippen molar-refractivity contribution in [3.63, 3.8) is 0 Å². The zero-order chi connectivity index (χ0) is 17.8. The lowest BCUT2D eigenvalue weighted by Crippen LogP contribution is -2.40. The lowest BCUT2D eigenvalue weighted by Gasteiger charge is -2.32. The molecular formula is C20H24N2O3. The van der Waals surface area contributed by atoms with E-state index < -0.39 is 0 Å². The van der Waals surface area contributed by atoms with E-state index in [1.54, 1.807) is 25.1 Å². The number of nitrogens with zero attached hydrogens (tertiary/aromatic N) is 1. The van der Waals surface area contributed by atoms with Crippen LogP contribution in [0.1, 0.15) is 34.3 Å². The van der Waals surface area contributed by atoms with Gasteiger partial charge in [-0.1, -0.05) is 18.2 Å². The molecule has 1 aromatic heterocycles. The van der Waals surface area contributed by atoms with Crippen molar-refractivity contribution in [2.45, 2.75) is 26.2 Å². The normalized spacial score (nSPS) is 15.2. The van der Waals surface area contributed by atoms with Gasteiger partial charge in [0, 0.05) is 31.0 Å². The molecule has 1 amide bonds. The van der Waals surface area contributed by atoms with Gasteiger partial charge in [-0.2, -0.15) is 0 Å². The third-order valence-corrected chi connectivity index (χ3v) is 4.96. The Hall–Kier alpha value is -2.56. The molecule has 1 aliphatic rings. The summed E-state index contributed by atoms with van der Waals surface area (Å²) in [6, 6.07) is 8.09. The summed E-state index contributed by atoms with van der Waals surface area (Å²) in [7, 11) is 1.69. The second-order valence-electron chi connectivity index (χ2n) is 6.63. The Morgan fingerprint density at radius 1 is 1.24 bits per heavy atom. The van der Waals surface area contributed by atoms with Crippen LogP contribution in [0.5, 0.6) is 5.75 Å². The van der Waals surface area contributed by atoms with E-state index >= 15 is 0 Å². The van der Waals surface area contributed by atoms with Gasteiger partial charge in [0.1, 0.15) is 11.3 Å². The highest BCUT2D eigenvalue weighted by Gasteiger charge is 2.25. The molecular weight excluding hydrogens is 316 g/mol. The number of carbonyl (C=O) groups excluding carboxylic acids is 1. The molecule has 2 aromatic rings. The van der Waals surface area contributed by atoms with Crippen molar-refractivity contribution in [1.29, 1.82) is 0 Å². The molecule has 1 aromatic carbocycles. The van der Waals surface area contributed by atoms with Gasteiger partial charge < -0.3 is 14.6 Å². The Kier molecular flexibility index (Phi) is 5.22. The predicted octanol–water partition coefficient (Wildman–Crippen LogP) is 2.79. The summed E-state index contributed by atoms with van der Waals surface area (Å²) in [6.45, 7) is 3.09. The molecule has 1 aliphatic heterocycles. The van der Waals surface area contributed by atoms with Crippen LogP contribution in [-0.2, 0) is 6.42 Å². The van der Waals surface area contributed by atoms with E-state index in [0.717, 1.165) is 25.0 Å². The number of benzene rings is 1. The van der Waals surface area contributed by atoms with Crippen LogP contribution in [0.2, 0.25) is 0 Å². The number of aromatic nitrogens is 1. The highest BCUT2D eigenvalue weighted by Crippen LogP contribution is 2.27. The number of ether oxygens (including phenoxy) is 1. The molecule has 0 unspecified atom stereocenters. The predicted molar refractivity (Wildman–Crippen MR) is 97.1 cm³/mol. The number of methoxy groups -OCH3 is 1. The number of rotatable bonds is 4. The number of hydrogen-bond donors (Lipinski definition) is 1. The van der Waals surface area contributed by atoms with Gasteiger partial charge in [0.15, 0.2) is 5.43 Å². The van der Waals surface area contributed by atoms with Crippen LogP contribution in [0.3, 0.4) is 0 Å². The Bertz CT molecular complexity index is 805. The average molecular weight is 340 g/mol. The van der Waals surface area contributed by atoms with Gasteiger partial charge in [-0.15, -0.1) is 0 Å². The smallest absolute Gasteiger partial charge is 0.259 e. The number of likely N-dealkylation sites (tertiary alicyclic amines) is 1. The fourth-order valence-electron chi connectivity index (χ4n) is 3.45. The first-order valence-electron chi connectivity index (χ1n) is 8.69. The van der Waals surface area contributed by atoms with Crippen molar-refractivity contribution in [1.82, 2.24) is 9.88 Å². The average Bonchev–Trinajstić information content (AvgIpc) is 2.64. The second-order valence-corrected chi connectivity index (χ2v) is 6.63. The number of piperidine rings is 1. The SMILES string of the molecule is COc1ccccc1CC1CCN(C(=O)c2c[nH]cc(C)c2=O)CC1. The number of pyridine rings is 1. The summed E-state index contributed by atoms with van der Waals surface area (Å²) >= 11 is 0. The third-order valence-electron chi connectivity index (χ3n) is 4.96. The molecule has 5 heteroatoms. The number of para-hydroxylation sites is 1. The van der Waals surface area contributed by atoms with Crippen LogP contribution >= 0.6 is 0 Å². The van der Waals surface area contributed by atoms with Gasteiger partial charge in [-0.25, -0.2) is 0 Å². The summed E-state index contributed by atoms with van der Waals surface area (Å²) in [4.78, 5) is 29.4. The van der Waals surface area contributed by atoms with Crippen molar-refractivity contribution < 1.29 is 9.53 Å². The molecule has 0 spiro atoms. The number of hydrogen-bond acceptors (Lipinski definition) is 3. The minimum Gasteiger partial charge on any atom is -0.496 e. The summed E-state index contributed by atoms with van der Waals surface area (Å²) in [5.41, 5.74) is 1.84. The first kappa shape index (κ1) is 17.3. The molecule has 0 saturated carbocycles. The zero-order valence-electron chi connectivity index (χ0n) is 14.7. The molecule has 1 N–H and O–H groups in total. The van der Waals surface area contributed by atoms with E-state index in [9.17, 15) is 9.59 Å². The van der Waals surface area contributed by atoms with E-state index in [1.807, 2.05) is 18.2 Å². The zero-order valence-corrected chi connectivity index (χ0v) is 14.7. The van der Waals surface area contributed by atoms with Gasteiger partial charge in [-0.3, -0.25) is 9.59 Å². The molecule has 0 bridgehead atoms. The van der Waals surface area contributed by atoms with Crippen molar-refractivity contribution in [3.8, 4) is 5.75 Å². The summed E-state index contributed by atoms with van der Waals surface area (Å²) in [5, 5.41) is 0. The fraction of sp³-hybridized carbons (Fsp3) is 0.400. The molecule has 3 rings (SSSR count). The molecule has 1 fully saturated rings. The van der Waals surface area contributed by atoms with Gasteiger partial charge in [-0.05, 0) is 43.7 Å². The molecule has 25 heavy (non-hydrogen) atoms. The molecule has 0 aliphatic carbocycles. The molecule has 0 radical (unpaired) electrons. The van der Waals surface area contributed by atoms with Crippen molar-refractivity contribution in [3.05, 3.63) is 63.6 Å². The van der Waals surface area contributed by atoms with E-state index in [-0.39, 0.29) is 16.9 Å². The van der Waals surface area contributed by atoms with Crippen molar-refractivity contribution in [2.24, 2.45) is 5.92 Å². The second kappa shape index (κ2) is 7.55.